The number of fused-ring (bicyclic) bond motifs is 1. The van der Waals surface area contributed by atoms with E-state index in [1.165, 1.54) is 21.2 Å². The van der Waals surface area contributed by atoms with Gasteiger partial charge in [0.2, 0.25) is 0 Å². The summed E-state index contributed by atoms with van der Waals surface area (Å²) in [7, 11) is 0. The first kappa shape index (κ1) is 12.4. The molecule has 0 amide bonds. The molecule has 19 heavy (non-hydrogen) atoms. The van der Waals surface area contributed by atoms with Crippen molar-refractivity contribution in [2.75, 3.05) is 6.54 Å². The van der Waals surface area contributed by atoms with Gasteiger partial charge >= 0.3 is 0 Å². The zero-order valence-electron chi connectivity index (χ0n) is 10.8. The second-order valence-corrected chi connectivity index (χ2v) is 5.68. The Morgan fingerprint density at radius 1 is 0.895 bits per heavy atom. The highest BCUT2D eigenvalue weighted by Gasteiger charge is 2.00. The molecule has 1 nitrogen and oxygen atoms in total. The van der Waals surface area contributed by atoms with Gasteiger partial charge in [-0.2, -0.15) is 0 Å². The van der Waals surface area contributed by atoms with Crippen LogP contribution in [0.15, 0.2) is 60.0 Å². The maximum Gasteiger partial charge on any atom is 0.0211 e. The van der Waals surface area contributed by atoms with Gasteiger partial charge in [-0.15, -0.1) is 11.3 Å². The van der Waals surface area contributed by atoms with Gasteiger partial charge in [-0.1, -0.05) is 48.5 Å². The van der Waals surface area contributed by atoms with Gasteiger partial charge in [-0.3, -0.25) is 0 Å². The van der Waals surface area contributed by atoms with Crippen molar-refractivity contribution >= 4 is 22.1 Å². The third-order valence-corrected chi connectivity index (χ3v) is 4.26. The molecule has 0 aliphatic rings. The highest BCUT2D eigenvalue weighted by Crippen LogP contribution is 2.18. The minimum atomic E-state index is 0.937. The van der Waals surface area contributed by atoms with Crippen molar-refractivity contribution in [1.29, 1.82) is 0 Å². The molecule has 0 bridgehead atoms. The average Bonchev–Trinajstić information content (AvgIpc) is 2.97. The van der Waals surface area contributed by atoms with Crippen LogP contribution >= 0.6 is 11.3 Å². The van der Waals surface area contributed by atoms with Gasteiger partial charge in [0.15, 0.2) is 0 Å². The Morgan fingerprint density at radius 3 is 2.68 bits per heavy atom. The number of benzene rings is 2. The van der Waals surface area contributed by atoms with E-state index in [1.54, 1.807) is 0 Å². The van der Waals surface area contributed by atoms with E-state index in [4.69, 9.17) is 0 Å². The summed E-state index contributed by atoms with van der Waals surface area (Å²) in [5.41, 5.74) is 1.38. The Hall–Kier alpha value is -1.64. The lowest BCUT2D eigenvalue weighted by Crippen LogP contribution is -2.16. The maximum atomic E-state index is 3.54. The van der Waals surface area contributed by atoms with Gasteiger partial charge in [0.1, 0.15) is 0 Å². The summed E-state index contributed by atoms with van der Waals surface area (Å²) < 4.78 is 0. The van der Waals surface area contributed by atoms with E-state index < -0.39 is 0 Å². The van der Waals surface area contributed by atoms with Crippen LogP contribution in [0.1, 0.15) is 10.4 Å². The second kappa shape index (κ2) is 6.00. The molecule has 0 saturated heterocycles. The molecule has 3 rings (SSSR count). The van der Waals surface area contributed by atoms with E-state index in [0.29, 0.717) is 0 Å². The molecule has 0 aliphatic carbocycles. The van der Waals surface area contributed by atoms with Gasteiger partial charge in [-0.05, 0) is 34.2 Å². The summed E-state index contributed by atoms with van der Waals surface area (Å²) in [6, 6.07) is 19.4. The van der Waals surface area contributed by atoms with E-state index in [9.17, 15) is 0 Å². The van der Waals surface area contributed by atoms with Crippen LogP contribution < -0.4 is 5.32 Å². The van der Waals surface area contributed by atoms with Crippen LogP contribution in [0.25, 0.3) is 10.8 Å². The first-order valence-electron chi connectivity index (χ1n) is 6.63. The Morgan fingerprint density at radius 2 is 1.79 bits per heavy atom. The fourth-order valence-electron chi connectivity index (χ4n) is 2.34. The normalized spacial score (nSPS) is 10.9. The first-order chi connectivity index (χ1) is 9.43. The Labute approximate surface area is 117 Å². The predicted octanol–water partition coefficient (Wildman–Crippen LogP) is 4.23. The largest absolute Gasteiger partial charge is 0.312 e. The van der Waals surface area contributed by atoms with Crippen LogP contribution in [0.4, 0.5) is 0 Å². The van der Waals surface area contributed by atoms with Crippen molar-refractivity contribution in [2.24, 2.45) is 0 Å². The molecule has 96 valence electrons. The van der Waals surface area contributed by atoms with Crippen molar-refractivity contribution in [3.63, 3.8) is 0 Å². The van der Waals surface area contributed by atoms with E-state index in [0.717, 1.165) is 19.5 Å². The van der Waals surface area contributed by atoms with Crippen molar-refractivity contribution < 1.29 is 0 Å². The summed E-state index contributed by atoms with van der Waals surface area (Å²) in [4.78, 5) is 1.45. The molecule has 0 aliphatic heterocycles. The lowest BCUT2D eigenvalue weighted by Gasteiger charge is -2.07. The van der Waals surface area contributed by atoms with E-state index in [-0.39, 0.29) is 0 Å². The molecule has 3 aromatic rings. The van der Waals surface area contributed by atoms with Gasteiger partial charge in [-0.25, -0.2) is 0 Å². The molecule has 2 heteroatoms. The second-order valence-electron chi connectivity index (χ2n) is 4.64. The predicted molar refractivity (Wildman–Crippen MR) is 83.7 cm³/mol. The molecular formula is C17H17NS. The lowest BCUT2D eigenvalue weighted by molar-refractivity contribution is 0.693. The quantitative estimate of drug-likeness (QED) is 0.682. The van der Waals surface area contributed by atoms with Crippen LogP contribution in [0.2, 0.25) is 0 Å². The highest BCUT2D eigenvalue weighted by molar-refractivity contribution is 7.09. The molecule has 1 aromatic heterocycles. The van der Waals surface area contributed by atoms with Crippen molar-refractivity contribution in [1.82, 2.24) is 5.32 Å². The van der Waals surface area contributed by atoms with Gasteiger partial charge in [0.25, 0.3) is 0 Å². The van der Waals surface area contributed by atoms with Gasteiger partial charge < -0.3 is 5.32 Å². The molecule has 0 saturated carbocycles. The number of thiophene rings is 1. The SMILES string of the molecule is c1csc(CCNCc2cccc3ccccc23)c1. The van der Waals surface area contributed by atoms with Gasteiger partial charge in [0, 0.05) is 18.0 Å². The van der Waals surface area contributed by atoms with E-state index in [2.05, 4.69) is 65.3 Å². The number of nitrogens with one attached hydrogen (secondary N) is 1. The van der Waals surface area contributed by atoms with Crippen LogP contribution in [0.3, 0.4) is 0 Å². The molecule has 2 aromatic carbocycles. The molecule has 0 unspecified atom stereocenters. The minimum absolute atomic E-state index is 0.937. The summed E-state index contributed by atoms with van der Waals surface area (Å²) in [6.45, 7) is 1.97. The third kappa shape index (κ3) is 3.03. The average molecular weight is 267 g/mol. The summed E-state index contributed by atoms with van der Waals surface area (Å²) in [5, 5.41) is 8.35. The summed E-state index contributed by atoms with van der Waals surface area (Å²) >= 11 is 1.83. The molecule has 0 fully saturated rings. The van der Waals surface area contributed by atoms with Crippen LogP contribution in [-0.4, -0.2) is 6.54 Å². The van der Waals surface area contributed by atoms with Crippen molar-refractivity contribution in [3.8, 4) is 0 Å². The summed E-state index contributed by atoms with van der Waals surface area (Å²) in [6.07, 6.45) is 1.11. The van der Waals surface area contributed by atoms with E-state index in [1.807, 2.05) is 11.3 Å². The third-order valence-electron chi connectivity index (χ3n) is 3.32. The molecule has 0 spiro atoms. The smallest absolute Gasteiger partial charge is 0.0211 e. The zero-order chi connectivity index (χ0) is 12.9. The van der Waals surface area contributed by atoms with E-state index >= 15 is 0 Å². The van der Waals surface area contributed by atoms with Crippen molar-refractivity contribution in [3.05, 3.63) is 70.4 Å². The molecule has 1 N–H and O–H groups in total. The van der Waals surface area contributed by atoms with Crippen molar-refractivity contribution in [2.45, 2.75) is 13.0 Å². The zero-order valence-corrected chi connectivity index (χ0v) is 11.6. The maximum absolute atomic E-state index is 3.54. The Kier molecular flexibility index (Phi) is 3.92. The molecule has 0 radical (unpaired) electrons. The standard InChI is InChI=1S/C17H17NS/c1-2-9-17-14(5-1)6-3-7-15(17)13-18-11-10-16-8-4-12-19-16/h1-9,12,18H,10-11,13H2. The fraction of sp³-hybridized carbons (Fsp3) is 0.176. The molecular weight excluding hydrogens is 250 g/mol. The van der Waals surface area contributed by atoms with Crippen LogP contribution in [-0.2, 0) is 13.0 Å². The van der Waals surface area contributed by atoms with Gasteiger partial charge in [0.05, 0.1) is 0 Å². The lowest BCUT2D eigenvalue weighted by atomic mass is 10.0. The number of hydrogen-bond donors (Lipinski definition) is 1. The Balaban J connectivity index is 1.62. The Bertz CT molecular complexity index is 638. The fourth-order valence-corrected chi connectivity index (χ4v) is 3.05. The first-order valence-corrected chi connectivity index (χ1v) is 7.51. The minimum Gasteiger partial charge on any atom is -0.312 e. The monoisotopic (exact) mass is 267 g/mol. The molecule has 1 heterocycles. The number of rotatable bonds is 5. The highest BCUT2D eigenvalue weighted by atomic mass is 32.1. The topological polar surface area (TPSA) is 12.0 Å². The summed E-state index contributed by atoms with van der Waals surface area (Å²) in [5.74, 6) is 0. The van der Waals surface area contributed by atoms with Crippen LogP contribution in [0, 0.1) is 0 Å². The van der Waals surface area contributed by atoms with Crippen LogP contribution in [0.5, 0.6) is 0 Å². The number of hydrogen-bond acceptors (Lipinski definition) is 2. The molecule has 0 atom stereocenters.